The van der Waals surface area contributed by atoms with E-state index in [0.29, 0.717) is 12.5 Å². The molecule has 38 heavy (non-hydrogen) atoms. The molecule has 3 rings (SSSR count). The van der Waals surface area contributed by atoms with Gasteiger partial charge in [0.2, 0.25) is 5.95 Å². The van der Waals surface area contributed by atoms with Crippen LogP contribution in [-0.4, -0.2) is 62.7 Å². The molecule has 0 spiro atoms. The number of hydrogen-bond donors (Lipinski definition) is 4. The van der Waals surface area contributed by atoms with Gasteiger partial charge in [-0.1, -0.05) is 53.8 Å². The van der Waals surface area contributed by atoms with Gasteiger partial charge in [0.25, 0.3) is 0 Å². The van der Waals surface area contributed by atoms with Crippen LogP contribution in [0.1, 0.15) is 73.8 Å². The first-order chi connectivity index (χ1) is 17.9. The molecular formula is C30H52N6O2. The smallest absolute Gasteiger partial charge is 0.204 e. The molecule has 1 aliphatic rings. The fraction of sp³-hybridized carbons (Fsp3) is 0.567. The molecule has 214 valence electrons. The summed E-state index contributed by atoms with van der Waals surface area (Å²) in [5.74, 6) is 0.913. The predicted octanol–water partition coefficient (Wildman–Crippen LogP) is 6.72. The van der Waals surface area contributed by atoms with Crippen LogP contribution in [0, 0.1) is 16.7 Å². The summed E-state index contributed by atoms with van der Waals surface area (Å²) < 4.78 is 2.23. The molecule has 4 N–H and O–H groups in total. The number of aromatic nitrogens is 2. The van der Waals surface area contributed by atoms with Crippen LogP contribution in [0.15, 0.2) is 42.7 Å². The zero-order valence-electron chi connectivity index (χ0n) is 23.7. The number of likely N-dealkylation sites (tertiary alicyclic amines) is 1. The molecule has 0 radical (unpaired) electrons. The van der Waals surface area contributed by atoms with Gasteiger partial charge in [-0.25, -0.2) is 4.98 Å². The van der Waals surface area contributed by atoms with Gasteiger partial charge < -0.3 is 30.4 Å². The van der Waals surface area contributed by atoms with E-state index in [1.54, 1.807) is 0 Å². The molecular weight excluding hydrogens is 476 g/mol. The Kier molecular flexibility index (Phi) is 21.3. The predicted molar refractivity (Wildman–Crippen MR) is 163 cm³/mol. The van der Waals surface area contributed by atoms with E-state index < -0.39 is 0 Å². The molecule has 1 saturated heterocycles. The maximum absolute atomic E-state index is 9.06. The second-order valence-corrected chi connectivity index (χ2v) is 8.06. The van der Waals surface area contributed by atoms with Gasteiger partial charge in [-0.2, -0.15) is 5.26 Å². The van der Waals surface area contributed by atoms with Crippen molar-refractivity contribution in [3.05, 3.63) is 48.3 Å². The quantitative estimate of drug-likeness (QED) is 0.163. The van der Waals surface area contributed by atoms with E-state index in [0.717, 1.165) is 62.4 Å². The van der Waals surface area contributed by atoms with Crippen molar-refractivity contribution in [3.8, 4) is 6.07 Å². The Bertz CT molecular complexity index is 998. The zero-order chi connectivity index (χ0) is 28.2. The van der Waals surface area contributed by atoms with Gasteiger partial charge in [0.05, 0.1) is 29.4 Å². The third-order valence-electron chi connectivity index (χ3n) is 5.65. The molecule has 0 atom stereocenters. The third-order valence-corrected chi connectivity index (χ3v) is 5.65. The number of aliphatic hydroxyl groups excluding tert-OH is 2. The summed E-state index contributed by atoms with van der Waals surface area (Å²) in [6.07, 6.45) is 6.28. The highest BCUT2D eigenvalue weighted by molar-refractivity contribution is 5.93. The van der Waals surface area contributed by atoms with Gasteiger partial charge in [-0.05, 0) is 56.9 Å². The number of benzene rings is 1. The first kappa shape index (κ1) is 37.0. The van der Waals surface area contributed by atoms with Gasteiger partial charge in [0.1, 0.15) is 5.76 Å². The van der Waals surface area contributed by atoms with Crippen LogP contribution in [-0.2, 0) is 13.0 Å². The minimum absolute atomic E-state index is 0. The number of nitrogens with zero attached hydrogens (tertiary/aromatic N) is 4. The van der Waals surface area contributed by atoms with Gasteiger partial charge in [-0.15, -0.1) is 0 Å². The van der Waals surface area contributed by atoms with Gasteiger partial charge in [-0.3, -0.25) is 0 Å². The fourth-order valence-electron chi connectivity index (χ4n) is 3.82. The van der Waals surface area contributed by atoms with Crippen molar-refractivity contribution in [1.29, 1.82) is 10.7 Å². The second kappa shape index (κ2) is 21.9. The number of anilines is 1. The number of fused-ring (bicyclic) bond motifs is 1. The molecule has 0 bridgehead atoms. The summed E-state index contributed by atoms with van der Waals surface area (Å²) in [5.41, 5.74) is 3.48. The minimum Gasteiger partial charge on any atom is -0.506 e. The number of nitrogens with one attached hydrogen (secondary N) is 2. The van der Waals surface area contributed by atoms with E-state index in [2.05, 4.69) is 52.6 Å². The number of hydrogen-bond acceptors (Lipinski definition) is 7. The molecule has 1 fully saturated rings. The zero-order valence-corrected chi connectivity index (χ0v) is 23.7. The molecule has 0 unspecified atom stereocenters. The standard InChI is InChI=1S/C19H27N5O.C6H9NO.2C2H6.CH4/c1-2-24-18-14-15(4-3-9-20)5-6-17(18)22-19(24)21-16-7-10-23(11-8-16)12-13-25;1-3-4-6(8)5(2)7;2*1-2;/h5-6,14,16,25H,2-4,7-8,10-13H2,1H3,(H,21,22);3-4,7-8H,1H2,2H3;2*1-2H3;1H4/b;6-4+,7-5?;;;. The molecule has 8 nitrogen and oxygen atoms in total. The maximum atomic E-state index is 9.06. The lowest BCUT2D eigenvalue weighted by molar-refractivity contribution is 0.168. The highest BCUT2D eigenvalue weighted by atomic mass is 16.3. The summed E-state index contributed by atoms with van der Waals surface area (Å²) in [5, 5.41) is 37.0. The van der Waals surface area contributed by atoms with Crippen LogP contribution in [0.3, 0.4) is 0 Å². The van der Waals surface area contributed by atoms with Crippen LogP contribution in [0.25, 0.3) is 11.0 Å². The fourth-order valence-corrected chi connectivity index (χ4v) is 3.82. The number of rotatable bonds is 9. The van der Waals surface area contributed by atoms with Crippen molar-refractivity contribution in [1.82, 2.24) is 14.5 Å². The summed E-state index contributed by atoms with van der Waals surface area (Å²) >= 11 is 0. The third kappa shape index (κ3) is 12.4. The topological polar surface area (TPSA) is 121 Å². The Morgan fingerprint density at radius 3 is 2.37 bits per heavy atom. The van der Waals surface area contributed by atoms with E-state index in [4.69, 9.17) is 25.9 Å². The normalized spacial score (nSPS) is 13.3. The van der Waals surface area contributed by atoms with Gasteiger partial charge in [0.15, 0.2) is 0 Å². The average Bonchev–Trinajstić information content (AvgIpc) is 3.27. The lowest BCUT2D eigenvalue weighted by Crippen LogP contribution is -2.40. The van der Waals surface area contributed by atoms with Gasteiger partial charge >= 0.3 is 0 Å². The number of allylic oxidation sites excluding steroid dienone is 3. The van der Waals surface area contributed by atoms with Crippen LogP contribution < -0.4 is 5.32 Å². The van der Waals surface area contributed by atoms with E-state index in [1.807, 2.05) is 27.7 Å². The average molecular weight is 529 g/mol. The largest absolute Gasteiger partial charge is 0.506 e. The molecule has 1 aromatic heterocycles. The lowest BCUT2D eigenvalue weighted by atomic mass is 10.1. The summed E-state index contributed by atoms with van der Waals surface area (Å²) in [7, 11) is 0. The van der Waals surface area contributed by atoms with Crippen molar-refractivity contribution in [2.45, 2.75) is 87.2 Å². The monoisotopic (exact) mass is 528 g/mol. The van der Waals surface area contributed by atoms with Crippen molar-refractivity contribution in [3.63, 3.8) is 0 Å². The van der Waals surface area contributed by atoms with E-state index in [1.165, 1.54) is 24.6 Å². The van der Waals surface area contributed by atoms with Crippen molar-refractivity contribution >= 4 is 22.7 Å². The minimum atomic E-state index is -0.0278. The number of imidazole rings is 1. The number of piperidine rings is 1. The Labute approximate surface area is 231 Å². The molecule has 1 aromatic carbocycles. The number of β-amino-alcohol motifs (C(OH)–C–C–N with tert-alkyl or cyclic N) is 1. The molecule has 1 aliphatic heterocycles. The van der Waals surface area contributed by atoms with Crippen molar-refractivity contribution in [2.75, 3.05) is 31.6 Å². The molecule has 2 aromatic rings. The Hall–Kier alpha value is -3.15. The van der Waals surface area contributed by atoms with Crippen LogP contribution >= 0.6 is 0 Å². The van der Waals surface area contributed by atoms with Crippen LogP contribution in [0.4, 0.5) is 5.95 Å². The Morgan fingerprint density at radius 1 is 1.26 bits per heavy atom. The lowest BCUT2D eigenvalue weighted by Gasteiger charge is -2.32. The van der Waals surface area contributed by atoms with Crippen LogP contribution in [0.5, 0.6) is 0 Å². The van der Waals surface area contributed by atoms with E-state index >= 15 is 0 Å². The van der Waals surface area contributed by atoms with E-state index in [9.17, 15) is 0 Å². The summed E-state index contributed by atoms with van der Waals surface area (Å²) in [6.45, 7) is 18.9. The molecule has 8 heteroatoms. The molecule has 2 heterocycles. The van der Waals surface area contributed by atoms with E-state index in [-0.39, 0.29) is 25.5 Å². The molecule has 0 saturated carbocycles. The number of aliphatic hydroxyl groups is 2. The first-order valence-corrected chi connectivity index (χ1v) is 13.5. The summed E-state index contributed by atoms with van der Waals surface area (Å²) in [6, 6.07) is 8.93. The number of nitriles is 1. The van der Waals surface area contributed by atoms with Crippen LogP contribution in [0.2, 0.25) is 0 Å². The molecule has 0 aliphatic carbocycles. The highest BCUT2D eigenvalue weighted by Gasteiger charge is 2.20. The Morgan fingerprint density at radius 2 is 1.89 bits per heavy atom. The Balaban J connectivity index is 0. The maximum Gasteiger partial charge on any atom is 0.204 e. The highest BCUT2D eigenvalue weighted by Crippen LogP contribution is 2.24. The first-order valence-electron chi connectivity index (χ1n) is 13.5. The van der Waals surface area contributed by atoms with Gasteiger partial charge in [0, 0.05) is 38.6 Å². The number of aryl methyl sites for hydroxylation is 2. The summed E-state index contributed by atoms with van der Waals surface area (Å²) in [4.78, 5) is 7.10. The SMILES string of the molecule is C.C=C/C=C(/O)C(C)=N.CC.CC.CCn1c(NC2CCN(CCO)CC2)nc2ccc(CCC#N)cc21. The van der Waals surface area contributed by atoms with Crippen molar-refractivity contribution in [2.24, 2.45) is 0 Å². The molecule has 0 amide bonds. The second-order valence-electron chi connectivity index (χ2n) is 8.06. The van der Waals surface area contributed by atoms with Crippen molar-refractivity contribution < 1.29 is 10.2 Å².